The average Bonchev–Trinajstić information content (AvgIpc) is 3.49. The molecule has 6 aromatic carbocycles. The van der Waals surface area contributed by atoms with Crippen molar-refractivity contribution in [3.63, 3.8) is 0 Å². The van der Waals surface area contributed by atoms with Gasteiger partial charge in [0.1, 0.15) is 0 Å². The number of fused-ring (bicyclic) bond motifs is 3. The number of nitrogens with zero attached hydrogens (tertiary/aromatic N) is 4. The molecule has 8 aromatic rings. The molecule has 0 N–H and O–H groups in total. The van der Waals surface area contributed by atoms with Crippen molar-refractivity contribution in [2.45, 2.75) is 5.41 Å². The van der Waals surface area contributed by atoms with E-state index >= 15 is 0 Å². The zero-order valence-corrected chi connectivity index (χ0v) is 26.6. The number of pyridine rings is 1. The zero-order chi connectivity index (χ0) is 32.6. The van der Waals surface area contributed by atoms with E-state index < -0.39 is 5.41 Å². The van der Waals surface area contributed by atoms with Crippen LogP contribution in [-0.2, 0) is 5.41 Å². The summed E-state index contributed by atoms with van der Waals surface area (Å²) < 4.78 is 0. The molecule has 0 fully saturated rings. The summed E-state index contributed by atoms with van der Waals surface area (Å²) in [5.74, 6) is 1.95. The monoisotopic (exact) mass is 626 g/mol. The molecule has 0 bridgehead atoms. The van der Waals surface area contributed by atoms with E-state index in [1.807, 2.05) is 73.1 Å². The molecular weight excluding hydrogens is 597 g/mol. The molecule has 49 heavy (non-hydrogen) atoms. The molecule has 1 atom stereocenters. The first kappa shape index (κ1) is 28.7. The maximum Gasteiger partial charge on any atom is 0.164 e. The maximum absolute atomic E-state index is 4.93. The van der Waals surface area contributed by atoms with Crippen LogP contribution in [0.25, 0.3) is 56.4 Å². The van der Waals surface area contributed by atoms with Crippen molar-refractivity contribution >= 4 is 0 Å². The minimum atomic E-state index is -0.474. The molecule has 2 heterocycles. The van der Waals surface area contributed by atoms with Crippen LogP contribution in [0, 0.1) is 0 Å². The molecule has 4 heteroatoms. The van der Waals surface area contributed by atoms with Gasteiger partial charge in [0.2, 0.25) is 0 Å². The van der Waals surface area contributed by atoms with Crippen molar-refractivity contribution in [2.75, 3.05) is 0 Å². The Balaban J connectivity index is 1.17. The van der Waals surface area contributed by atoms with Crippen molar-refractivity contribution in [2.24, 2.45) is 0 Å². The summed E-state index contributed by atoms with van der Waals surface area (Å²) in [5, 5.41) is 0. The minimum absolute atomic E-state index is 0.474. The standard InChI is InChI=1S/C45H30N4/c1-4-12-32(13-5-1)42-47-43(33-14-6-2-7-15-33)49-44(48-42)34-22-20-31(21-23-34)35-24-25-39-38-18-10-11-19-40(38)45(41(39)30-35,36-16-8-3-9-17-36)37-26-28-46-29-27-37/h1-30H. The van der Waals surface area contributed by atoms with E-state index in [0.29, 0.717) is 17.5 Å². The lowest BCUT2D eigenvalue weighted by atomic mass is 9.67. The molecule has 4 nitrogen and oxygen atoms in total. The highest BCUT2D eigenvalue weighted by Gasteiger charge is 2.46. The fourth-order valence-electron chi connectivity index (χ4n) is 7.29. The molecule has 1 aliphatic carbocycles. The van der Waals surface area contributed by atoms with Gasteiger partial charge in [-0.15, -0.1) is 0 Å². The second-order valence-corrected chi connectivity index (χ2v) is 12.3. The molecule has 0 saturated carbocycles. The van der Waals surface area contributed by atoms with Crippen molar-refractivity contribution in [1.29, 1.82) is 0 Å². The SMILES string of the molecule is c1ccc(-c2nc(-c3ccccc3)nc(-c3ccc(-c4ccc5c(c4)C(c4ccccc4)(c4ccncc4)c4ccccc4-5)cc3)n2)cc1. The van der Waals surface area contributed by atoms with Gasteiger partial charge in [0, 0.05) is 29.1 Å². The lowest BCUT2D eigenvalue weighted by Gasteiger charge is -2.34. The molecule has 0 radical (unpaired) electrons. The highest BCUT2D eigenvalue weighted by Crippen LogP contribution is 2.56. The van der Waals surface area contributed by atoms with Gasteiger partial charge in [-0.1, -0.05) is 152 Å². The molecule has 2 aromatic heterocycles. The highest BCUT2D eigenvalue weighted by atomic mass is 15.0. The molecule has 230 valence electrons. The number of aromatic nitrogens is 4. The molecule has 0 saturated heterocycles. The summed E-state index contributed by atoms with van der Waals surface area (Å²) in [7, 11) is 0. The van der Waals surface area contributed by atoms with E-state index in [9.17, 15) is 0 Å². The molecule has 1 aliphatic rings. The summed E-state index contributed by atoms with van der Waals surface area (Å²) in [5.41, 5.74) is 12.1. The molecule has 0 aliphatic heterocycles. The topological polar surface area (TPSA) is 51.6 Å². The van der Waals surface area contributed by atoms with Gasteiger partial charge in [0.05, 0.1) is 5.41 Å². The Bertz CT molecular complexity index is 2310. The summed E-state index contributed by atoms with van der Waals surface area (Å²) in [6.45, 7) is 0. The largest absolute Gasteiger partial charge is 0.265 e. The van der Waals surface area contributed by atoms with Crippen LogP contribution in [0.3, 0.4) is 0 Å². The fraction of sp³-hybridized carbons (Fsp3) is 0.0222. The van der Waals surface area contributed by atoms with E-state index in [4.69, 9.17) is 15.0 Å². The first-order valence-corrected chi connectivity index (χ1v) is 16.5. The normalized spacial score (nSPS) is 14.6. The van der Waals surface area contributed by atoms with Crippen molar-refractivity contribution in [3.8, 4) is 56.4 Å². The number of rotatable bonds is 6. The Morgan fingerprint density at radius 2 is 0.776 bits per heavy atom. The van der Waals surface area contributed by atoms with E-state index in [1.165, 1.54) is 33.4 Å². The van der Waals surface area contributed by atoms with Crippen LogP contribution in [0.2, 0.25) is 0 Å². The van der Waals surface area contributed by atoms with Crippen LogP contribution in [0.5, 0.6) is 0 Å². The zero-order valence-electron chi connectivity index (χ0n) is 26.6. The summed E-state index contributed by atoms with van der Waals surface area (Å²) in [6, 6.07) is 59.6. The second kappa shape index (κ2) is 11.9. The number of benzene rings is 6. The Morgan fingerprint density at radius 1 is 0.327 bits per heavy atom. The van der Waals surface area contributed by atoms with Crippen LogP contribution in [0.15, 0.2) is 182 Å². The molecule has 1 unspecified atom stereocenters. The Kier molecular flexibility index (Phi) is 6.98. The lowest BCUT2D eigenvalue weighted by molar-refractivity contribution is 0.766. The third kappa shape index (κ3) is 4.85. The van der Waals surface area contributed by atoms with Gasteiger partial charge in [0.25, 0.3) is 0 Å². The number of hydrogen-bond acceptors (Lipinski definition) is 4. The van der Waals surface area contributed by atoms with E-state index in [1.54, 1.807) is 0 Å². The smallest absolute Gasteiger partial charge is 0.164 e. The predicted molar refractivity (Wildman–Crippen MR) is 197 cm³/mol. The summed E-state index contributed by atoms with van der Waals surface area (Å²) in [4.78, 5) is 19.1. The van der Waals surface area contributed by atoms with E-state index in [-0.39, 0.29) is 0 Å². The van der Waals surface area contributed by atoms with Crippen LogP contribution < -0.4 is 0 Å². The summed E-state index contributed by atoms with van der Waals surface area (Å²) in [6.07, 6.45) is 3.80. The molecule has 0 spiro atoms. The first-order valence-electron chi connectivity index (χ1n) is 16.5. The van der Waals surface area contributed by atoms with Gasteiger partial charge in [-0.05, 0) is 62.7 Å². The molecular formula is C45H30N4. The van der Waals surface area contributed by atoms with Gasteiger partial charge in [-0.3, -0.25) is 4.98 Å². The lowest BCUT2D eigenvalue weighted by Crippen LogP contribution is -2.28. The Morgan fingerprint density at radius 3 is 1.39 bits per heavy atom. The molecule has 9 rings (SSSR count). The van der Waals surface area contributed by atoms with E-state index in [2.05, 4.69) is 114 Å². The Hall–Kier alpha value is -6.52. The van der Waals surface area contributed by atoms with Gasteiger partial charge < -0.3 is 0 Å². The third-order valence-electron chi connectivity index (χ3n) is 9.54. The highest BCUT2D eigenvalue weighted by molar-refractivity contribution is 5.88. The van der Waals surface area contributed by atoms with Crippen LogP contribution >= 0.6 is 0 Å². The van der Waals surface area contributed by atoms with Crippen molar-refractivity contribution in [1.82, 2.24) is 19.9 Å². The quantitative estimate of drug-likeness (QED) is 0.184. The van der Waals surface area contributed by atoms with Gasteiger partial charge in [0.15, 0.2) is 17.5 Å². The van der Waals surface area contributed by atoms with Crippen molar-refractivity contribution in [3.05, 3.63) is 205 Å². The average molecular weight is 627 g/mol. The van der Waals surface area contributed by atoms with Crippen LogP contribution in [-0.4, -0.2) is 19.9 Å². The van der Waals surface area contributed by atoms with Crippen LogP contribution in [0.1, 0.15) is 22.3 Å². The maximum atomic E-state index is 4.93. The van der Waals surface area contributed by atoms with E-state index in [0.717, 1.165) is 27.8 Å². The van der Waals surface area contributed by atoms with Gasteiger partial charge in [-0.2, -0.15) is 0 Å². The fourth-order valence-corrected chi connectivity index (χ4v) is 7.29. The first-order chi connectivity index (χ1) is 24.3. The predicted octanol–water partition coefficient (Wildman–Crippen LogP) is 10.3. The van der Waals surface area contributed by atoms with Gasteiger partial charge >= 0.3 is 0 Å². The molecule has 0 amide bonds. The number of hydrogen-bond donors (Lipinski definition) is 0. The third-order valence-corrected chi connectivity index (χ3v) is 9.54. The second-order valence-electron chi connectivity index (χ2n) is 12.3. The minimum Gasteiger partial charge on any atom is -0.265 e. The van der Waals surface area contributed by atoms with Crippen molar-refractivity contribution < 1.29 is 0 Å². The van der Waals surface area contributed by atoms with Gasteiger partial charge in [-0.25, -0.2) is 15.0 Å². The van der Waals surface area contributed by atoms with Crippen LogP contribution in [0.4, 0.5) is 0 Å². The Labute approximate surface area is 285 Å². The summed E-state index contributed by atoms with van der Waals surface area (Å²) >= 11 is 0.